The Kier molecular flexibility index (Phi) is 4.01. The molecule has 0 atom stereocenters. The van der Waals surface area contributed by atoms with E-state index >= 15 is 0 Å². The quantitative estimate of drug-likeness (QED) is 0.780. The molecule has 1 N–H and O–H groups in total. The molecule has 0 unspecified atom stereocenters. The number of carbonyl (C=O) groups is 1. The van der Waals surface area contributed by atoms with E-state index < -0.39 is 0 Å². The van der Waals surface area contributed by atoms with Gasteiger partial charge in [0, 0.05) is 24.5 Å². The Morgan fingerprint density at radius 2 is 2.32 bits per heavy atom. The van der Waals surface area contributed by atoms with Gasteiger partial charge < -0.3 is 9.84 Å². The third-order valence-electron chi connectivity index (χ3n) is 4.28. The molecule has 1 aliphatic heterocycles. The number of amides is 1. The zero-order chi connectivity index (χ0) is 17.2. The SMILES string of the molecule is Cc1nn2c(c1C(=O)NCc1nc(-c3cccnc3)no1)CCCC2. The summed E-state index contributed by atoms with van der Waals surface area (Å²) in [6.45, 7) is 2.92. The molecule has 0 aliphatic carbocycles. The normalized spacial score (nSPS) is 13.5. The summed E-state index contributed by atoms with van der Waals surface area (Å²) in [6, 6.07) is 3.65. The molecule has 0 aromatic carbocycles. The second-order valence-corrected chi connectivity index (χ2v) is 6.02. The Morgan fingerprint density at radius 1 is 1.40 bits per heavy atom. The van der Waals surface area contributed by atoms with E-state index in [4.69, 9.17) is 4.52 Å². The van der Waals surface area contributed by atoms with Crippen molar-refractivity contribution in [2.45, 2.75) is 39.3 Å². The van der Waals surface area contributed by atoms with Gasteiger partial charge in [0.15, 0.2) is 0 Å². The highest BCUT2D eigenvalue weighted by Crippen LogP contribution is 2.21. The minimum atomic E-state index is -0.151. The van der Waals surface area contributed by atoms with Crippen molar-refractivity contribution in [1.29, 1.82) is 0 Å². The van der Waals surface area contributed by atoms with E-state index in [2.05, 4.69) is 25.5 Å². The van der Waals surface area contributed by atoms with Crippen LogP contribution in [0.4, 0.5) is 0 Å². The number of aromatic nitrogens is 5. The fraction of sp³-hybridized carbons (Fsp3) is 0.353. The van der Waals surface area contributed by atoms with Gasteiger partial charge >= 0.3 is 0 Å². The van der Waals surface area contributed by atoms with Crippen LogP contribution in [0.3, 0.4) is 0 Å². The Labute approximate surface area is 144 Å². The van der Waals surface area contributed by atoms with E-state index in [0.29, 0.717) is 17.3 Å². The van der Waals surface area contributed by atoms with Gasteiger partial charge in [-0.25, -0.2) is 0 Å². The summed E-state index contributed by atoms with van der Waals surface area (Å²) in [4.78, 5) is 20.9. The largest absolute Gasteiger partial charge is 0.343 e. The molecule has 1 aliphatic rings. The fourth-order valence-corrected chi connectivity index (χ4v) is 3.10. The smallest absolute Gasteiger partial charge is 0.255 e. The first-order chi connectivity index (χ1) is 12.2. The summed E-state index contributed by atoms with van der Waals surface area (Å²) in [7, 11) is 0. The van der Waals surface area contributed by atoms with Crippen molar-refractivity contribution < 1.29 is 9.32 Å². The molecule has 8 nitrogen and oxygen atoms in total. The minimum Gasteiger partial charge on any atom is -0.343 e. The van der Waals surface area contributed by atoms with Crippen LogP contribution in [0, 0.1) is 6.92 Å². The molecule has 0 bridgehead atoms. The zero-order valence-corrected chi connectivity index (χ0v) is 13.9. The van der Waals surface area contributed by atoms with Crippen LogP contribution < -0.4 is 5.32 Å². The first-order valence-electron chi connectivity index (χ1n) is 8.30. The Morgan fingerprint density at radius 3 is 3.16 bits per heavy atom. The van der Waals surface area contributed by atoms with Crippen LogP contribution in [0.15, 0.2) is 29.0 Å². The van der Waals surface area contributed by atoms with E-state index in [0.717, 1.165) is 42.8 Å². The number of hydrogen-bond donors (Lipinski definition) is 1. The predicted octanol–water partition coefficient (Wildman–Crippen LogP) is 1.90. The molecule has 4 heterocycles. The number of nitrogens with zero attached hydrogens (tertiary/aromatic N) is 5. The highest BCUT2D eigenvalue weighted by Gasteiger charge is 2.23. The van der Waals surface area contributed by atoms with Gasteiger partial charge in [-0.2, -0.15) is 10.1 Å². The standard InChI is InChI=1S/C17H18N6O2/c1-11-15(13-6-2-3-8-23(13)21-11)17(24)19-10-14-20-16(22-25-14)12-5-4-7-18-9-12/h4-5,7,9H,2-3,6,8,10H2,1H3,(H,19,24). The summed E-state index contributed by atoms with van der Waals surface area (Å²) in [5.74, 6) is 0.657. The maximum Gasteiger partial charge on any atom is 0.255 e. The monoisotopic (exact) mass is 338 g/mol. The van der Waals surface area contributed by atoms with Crippen molar-refractivity contribution in [2.24, 2.45) is 0 Å². The number of pyridine rings is 1. The number of rotatable bonds is 4. The molecule has 1 amide bonds. The van der Waals surface area contributed by atoms with Crippen LogP contribution in [0.2, 0.25) is 0 Å². The predicted molar refractivity (Wildman–Crippen MR) is 88.6 cm³/mol. The van der Waals surface area contributed by atoms with Gasteiger partial charge in [-0.15, -0.1) is 0 Å². The Hall–Kier alpha value is -3.03. The molecule has 0 saturated carbocycles. The molecule has 8 heteroatoms. The zero-order valence-electron chi connectivity index (χ0n) is 13.9. The summed E-state index contributed by atoms with van der Waals surface area (Å²) < 4.78 is 7.15. The van der Waals surface area contributed by atoms with Crippen LogP contribution in [0.25, 0.3) is 11.4 Å². The lowest BCUT2D eigenvalue weighted by molar-refractivity contribution is 0.0944. The average Bonchev–Trinajstić information content (AvgIpc) is 3.24. The van der Waals surface area contributed by atoms with Crippen LogP contribution >= 0.6 is 0 Å². The first-order valence-corrected chi connectivity index (χ1v) is 8.30. The molecule has 25 heavy (non-hydrogen) atoms. The maximum atomic E-state index is 12.6. The van der Waals surface area contributed by atoms with Crippen molar-refractivity contribution in [2.75, 3.05) is 0 Å². The van der Waals surface area contributed by atoms with Gasteiger partial charge in [0.2, 0.25) is 11.7 Å². The third-order valence-corrected chi connectivity index (χ3v) is 4.28. The number of nitrogens with one attached hydrogen (secondary N) is 1. The molecular weight excluding hydrogens is 320 g/mol. The molecular formula is C17H18N6O2. The lowest BCUT2D eigenvalue weighted by atomic mass is 10.0. The second-order valence-electron chi connectivity index (χ2n) is 6.02. The Balaban J connectivity index is 1.46. The number of hydrogen-bond acceptors (Lipinski definition) is 6. The van der Waals surface area contributed by atoms with Crippen molar-refractivity contribution in [1.82, 2.24) is 30.2 Å². The van der Waals surface area contributed by atoms with Crippen LogP contribution in [0.5, 0.6) is 0 Å². The van der Waals surface area contributed by atoms with Crippen molar-refractivity contribution in [3.8, 4) is 11.4 Å². The molecule has 0 saturated heterocycles. The minimum absolute atomic E-state index is 0.151. The van der Waals surface area contributed by atoms with Crippen LogP contribution in [-0.4, -0.2) is 30.8 Å². The highest BCUT2D eigenvalue weighted by molar-refractivity contribution is 5.96. The first kappa shape index (κ1) is 15.5. The molecule has 0 radical (unpaired) electrons. The van der Waals surface area contributed by atoms with Crippen molar-refractivity contribution in [3.05, 3.63) is 47.4 Å². The number of aryl methyl sites for hydroxylation is 2. The highest BCUT2D eigenvalue weighted by atomic mass is 16.5. The number of fused-ring (bicyclic) bond motifs is 1. The van der Waals surface area contributed by atoms with E-state index in [-0.39, 0.29) is 12.5 Å². The van der Waals surface area contributed by atoms with Gasteiger partial charge in [-0.3, -0.25) is 14.5 Å². The molecule has 3 aromatic heterocycles. The fourth-order valence-electron chi connectivity index (χ4n) is 3.10. The average molecular weight is 338 g/mol. The van der Waals surface area contributed by atoms with Gasteiger partial charge in [0.05, 0.1) is 23.5 Å². The van der Waals surface area contributed by atoms with Crippen LogP contribution in [-0.2, 0) is 19.5 Å². The van der Waals surface area contributed by atoms with Gasteiger partial charge in [0.1, 0.15) is 0 Å². The third kappa shape index (κ3) is 3.02. The summed E-state index contributed by atoms with van der Waals surface area (Å²) in [5, 5.41) is 11.2. The van der Waals surface area contributed by atoms with Gasteiger partial charge in [0.25, 0.3) is 5.91 Å². The lowest BCUT2D eigenvalue weighted by Gasteiger charge is -2.14. The topological polar surface area (TPSA) is 98.7 Å². The summed E-state index contributed by atoms with van der Waals surface area (Å²) in [6.07, 6.45) is 6.42. The molecule has 3 aromatic rings. The number of carbonyl (C=O) groups excluding carboxylic acids is 1. The van der Waals surface area contributed by atoms with Crippen molar-refractivity contribution in [3.63, 3.8) is 0 Å². The van der Waals surface area contributed by atoms with Crippen molar-refractivity contribution >= 4 is 5.91 Å². The van der Waals surface area contributed by atoms with E-state index in [1.807, 2.05) is 17.7 Å². The second kappa shape index (κ2) is 6.46. The van der Waals surface area contributed by atoms with E-state index in [1.165, 1.54) is 0 Å². The summed E-state index contributed by atoms with van der Waals surface area (Å²) >= 11 is 0. The molecule has 128 valence electrons. The van der Waals surface area contributed by atoms with E-state index in [9.17, 15) is 4.79 Å². The van der Waals surface area contributed by atoms with Gasteiger partial charge in [-0.1, -0.05) is 5.16 Å². The summed E-state index contributed by atoms with van der Waals surface area (Å²) in [5.41, 5.74) is 3.22. The van der Waals surface area contributed by atoms with Gasteiger partial charge in [-0.05, 0) is 38.3 Å². The maximum absolute atomic E-state index is 12.6. The lowest BCUT2D eigenvalue weighted by Crippen LogP contribution is -2.25. The molecule has 4 rings (SSSR count). The van der Waals surface area contributed by atoms with E-state index in [1.54, 1.807) is 18.5 Å². The Bertz CT molecular complexity index is 899. The molecule has 0 fully saturated rings. The molecule has 0 spiro atoms. The van der Waals surface area contributed by atoms with Crippen LogP contribution in [0.1, 0.15) is 40.5 Å².